The van der Waals surface area contributed by atoms with E-state index in [-0.39, 0.29) is 0 Å². The average Bonchev–Trinajstić information content (AvgIpc) is 3.15. The zero-order chi connectivity index (χ0) is 17.9. The lowest BCUT2D eigenvalue weighted by Gasteiger charge is -2.39. The average molecular weight is 349 g/mol. The fourth-order valence-electron chi connectivity index (χ4n) is 5.73. The van der Waals surface area contributed by atoms with Crippen LogP contribution in [0.15, 0.2) is 24.5 Å². The minimum Gasteiger partial charge on any atom is -0.353 e. The second kappa shape index (κ2) is 5.49. The number of nitrogens with zero attached hydrogens (tertiary/aromatic N) is 4. The first-order valence-electron chi connectivity index (χ1n) is 9.70. The highest BCUT2D eigenvalue weighted by Gasteiger charge is 2.50. The lowest BCUT2D eigenvalue weighted by atomic mass is 9.65. The van der Waals surface area contributed by atoms with Crippen molar-refractivity contribution in [1.82, 2.24) is 20.3 Å². The molecule has 1 aliphatic carbocycles. The highest BCUT2D eigenvalue weighted by molar-refractivity contribution is 5.62. The molecule has 136 valence electrons. The molecule has 1 saturated carbocycles. The molecule has 2 atom stereocenters. The number of aromatic nitrogens is 3. The Bertz CT molecular complexity index is 847. The molecule has 2 bridgehead atoms. The third-order valence-corrected chi connectivity index (χ3v) is 6.29. The first-order valence-corrected chi connectivity index (χ1v) is 9.70. The van der Waals surface area contributed by atoms with Crippen LogP contribution in [0.3, 0.4) is 0 Å². The normalized spacial score (nSPS) is 29.0. The summed E-state index contributed by atoms with van der Waals surface area (Å²) in [6.45, 7) is 10.1. The summed E-state index contributed by atoms with van der Waals surface area (Å²) in [5.41, 5.74) is 4.32. The second-order valence-corrected chi connectivity index (χ2v) is 9.48. The Morgan fingerprint density at radius 1 is 1.08 bits per heavy atom. The number of hydrogen-bond donors (Lipinski definition) is 1. The monoisotopic (exact) mass is 349 g/mol. The summed E-state index contributed by atoms with van der Waals surface area (Å²) in [6.07, 6.45) is 7.47. The van der Waals surface area contributed by atoms with E-state index in [2.05, 4.69) is 36.0 Å². The molecule has 0 unspecified atom stereocenters. The van der Waals surface area contributed by atoms with E-state index >= 15 is 0 Å². The first kappa shape index (κ1) is 16.2. The van der Waals surface area contributed by atoms with Gasteiger partial charge in [0.25, 0.3) is 0 Å². The van der Waals surface area contributed by atoms with Crippen LogP contribution in [-0.4, -0.2) is 27.5 Å². The maximum absolute atomic E-state index is 5.08. The van der Waals surface area contributed by atoms with Crippen molar-refractivity contribution in [2.45, 2.75) is 59.2 Å². The van der Waals surface area contributed by atoms with Crippen molar-refractivity contribution >= 4 is 5.82 Å². The smallest absolute Gasteiger partial charge is 0.161 e. The maximum Gasteiger partial charge on any atom is 0.161 e. The molecule has 5 nitrogen and oxygen atoms in total. The van der Waals surface area contributed by atoms with Crippen LogP contribution in [0.4, 0.5) is 5.82 Å². The molecular weight excluding hydrogens is 322 g/mol. The molecule has 0 radical (unpaired) electrons. The summed E-state index contributed by atoms with van der Waals surface area (Å²) >= 11 is 0. The van der Waals surface area contributed by atoms with E-state index in [9.17, 15) is 0 Å². The van der Waals surface area contributed by atoms with Gasteiger partial charge < -0.3 is 10.2 Å². The Morgan fingerprint density at radius 2 is 1.88 bits per heavy atom. The van der Waals surface area contributed by atoms with Gasteiger partial charge in [0.2, 0.25) is 0 Å². The van der Waals surface area contributed by atoms with E-state index in [4.69, 9.17) is 9.97 Å². The SMILES string of the molecule is CC1(C)C[C@@H]2C[C@@](C)(CN2c2nc(-c3ccncc3)nc3c2CNC3)C1. The predicted octanol–water partition coefficient (Wildman–Crippen LogP) is 3.55. The molecule has 5 heteroatoms. The summed E-state index contributed by atoms with van der Waals surface area (Å²) in [5, 5.41) is 3.47. The van der Waals surface area contributed by atoms with Crippen LogP contribution in [0, 0.1) is 10.8 Å². The Labute approximate surface area is 155 Å². The minimum absolute atomic E-state index is 0.396. The molecule has 2 aliphatic heterocycles. The maximum atomic E-state index is 5.08. The van der Waals surface area contributed by atoms with Gasteiger partial charge in [-0.1, -0.05) is 20.8 Å². The molecule has 2 fully saturated rings. The highest BCUT2D eigenvalue weighted by atomic mass is 15.3. The fourth-order valence-corrected chi connectivity index (χ4v) is 5.73. The van der Waals surface area contributed by atoms with E-state index in [1.165, 1.54) is 30.6 Å². The third kappa shape index (κ3) is 2.60. The summed E-state index contributed by atoms with van der Waals surface area (Å²) in [5.74, 6) is 1.99. The minimum atomic E-state index is 0.396. The van der Waals surface area contributed by atoms with Crippen LogP contribution in [0.1, 0.15) is 51.3 Å². The molecule has 1 N–H and O–H groups in total. The summed E-state index contributed by atoms with van der Waals surface area (Å²) in [7, 11) is 0. The zero-order valence-corrected chi connectivity index (χ0v) is 15.9. The number of fused-ring (bicyclic) bond motifs is 3. The topological polar surface area (TPSA) is 53.9 Å². The Kier molecular flexibility index (Phi) is 3.42. The molecule has 3 aliphatic rings. The molecule has 2 aromatic rings. The van der Waals surface area contributed by atoms with E-state index < -0.39 is 0 Å². The van der Waals surface area contributed by atoms with Crippen LogP contribution in [0.2, 0.25) is 0 Å². The number of nitrogens with one attached hydrogen (secondary N) is 1. The van der Waals surface area contributed by atoms with Crippen molar-refractivity contribution in [1.29, 1.82) is 0 Å². The van der Waals surface area contributed by atoms with Gasteiger partial charge in [-0.15, -0.1) is 0 Å². The van der Waals surface area contributed by atoms with E-state index in [1.807, 2.05) is 24.5 Å². The van der Waals surface area contributed by atoms with Crippen molar-refractivity contribution in [3.05, 3.63) is 35.8 Å². The largest absolute Gasteiger partial charge is 0.353 e. The van der Waals surface area contributed by atoms with Crippen molar-refractivity contribution in [2.24, 2.45) is 10.8 Å². The van der Waals surface area contributed by atoms with Gasteiger partial charge in [-0.25, -0.2) is 9.97 Å². The van der Waals surface area contributed by atoms with Gasteiger partial charge in [0.1, 0.15) is 5.82 Å². The number of pyridine rings is 1. The lowest BCUT2D eigenvalue weighted by Crippen LogP contribution is -2.35. The Balaban J connectivity index is 1.60. The van der Waals surface area contributed by atoms with Crippen molar-refractivity contribution in [3.63, 3.8) is 0 Å². The molecule has 1 saturated heterocycles. The van der Waals surface area contributed by atoms with Gasteiger partial charge in [0, 0.05) is 49.2 Å². The molecule has 0 spiro atoms. The van der Waals surface area contributed by atoms with Crippen LogP contribution in [-0.2, 0) is 13.1 Å². The summed E-state index contributed by atoms with van der Waals surface area (Å²) in [4.78, 5) is 16.7. The first-order chi connectivity index (χ1) is 12.4. The number of hydrogen-bond acceptors (Lipinski definition) is 5. The molecule has 26 heavy (non-hydrogen) atoms. The molecular formula is C21H27N5. The summed E-state index contributed by atoms with van der Waals surface area (Å²) < 4.78 is 0. The quantitative estimate of drug-likeness (QED) is 0.899. The van der Waals surface area contributed by atoms with Gasteiger partial charge in [-0.05, 0) is 42.2 Å². The fraction of sp³-hybridized carbons (Fsp3) is 0.571. The van der Waals surface area contributed by atoms with E-state index in [1.54, 1.807) is 0 Å². The molecule has 0 aromatic carbocycles. The van der Waals surface area contributed by atoms with Crippen LogP contribution in [0.5, 0.6) is 0 Å². The number of rotatable bonds is 2. The van der Waals surface area contributed by atoms with E-state index in [0.717, 1.165) is 36.7 Å². The molecule has 4 heterocycles. The van der Waals surface area contributed by atoms with Crippen molar-refractivity contribution < 1.29 is 0 Å². The van der Waals surface area contributed by atoms with Gasteiger partial charge in [-0.2, -0.15) is 0 Å². The molecule has 0 amide bonds. The Hall–Kier alpha value is -2.01. The second-order valence-electron chi connectivity index (χ2n) is 9.48. The van der Waals surface area contributed by atoms with E-state index in [0.29, 0.717) is 16.9 Å². The van der Waals surface area contributed by atoms with Crippen molar-refractivity contribution in [3.8, 4) is 11.4 Å². The van der Waals surface area contributed by atoms with Crippen LogP contribution in [0.25, 0.3) is 11.4 Å². The summed E-state index contributed by atoms with van der Waals surface area (Å²) in [6, 6.07) is 4.59. The van der Waals surface area contributed by atoms with Gasteiger partial charge in [-0.3, -0.25) is 4.98 Å². The standard InChI is InChI=1S/C21H27N5/c1-20(2)8-15-9-21(3,12-20)13-26(15)19-16-10-23-11-17(16)24-18(25-19)14-4-6-22-7-5-14/h4-7,15,23H,8-13H2,1-3H3/t15-,21-/m1/s1. The zero-order valence-electron chi connectivity index (χ0n) is 15.9. The molecule has 2 aromatic heterocycles. The molecule has 5 rings (SSSR count). The van der Waals surface area contributed by atoms with Gasteiger partial charge in [0.15, 0.2) is 5.82 Å². The lowest BCUT2D eigenvalue weighted by molar-refractivity contribution is 0.136. The third-order valence-electron chi connectivity index (χ3n) is 6.29. The highest BCUT2D eigenvalue weighted by Crippen LogP contribution is 2.53. The van der Waals surface area contributed by atoms with Gasteiger partial charge >= 0.3 is 0 Å². The van der Waals surface area contributed by atoms with Gasteiger partial charge in [0.05, 0.1) is 5.69 Å². The number of anilines is 1. The van der Waals surface area contributed by atoms with Crippen molar-refractivity contribution in [2.75, 3.05) is 11.4 Å². The van der Waals surface area contributed by atoms with Crippen LogP contribution >= 0.6 is 0 Å². The van der Waals surface area contributed by atoms with Crippen LogP contribution < -0.4 is 10.2 Å². The Morgan fingerprint density at radius 3 is 2.69 bits per heavy atom. The predicted molar refractivity (Wildman–Crippen MR) is 103 cm³/mol.